The summed E-state index contributed by atoms with van der Waals surface area (Å²) in [6.07, 6.45) is 1.78. The van der Waals surface area contributed by atoms with Crippen molar-refractivity contribution < 1.29 is 24.2 Å². The highest BCUT2D eigenvalue weighted by Crippen LogP contribution is 2.35. The van der Waals surface area contributed by atoms with Crippen LogP contribution < -0.4 is 9.47 Å². The highest BCUT2D eigenvalue weighted by Gasteiger charge is 2.30. The van der Waals surface area contributed by atoms with E-state index in [9.17, 15) is 14.7 Å². The first-order valence-electron chi connectivity index (χ1n) is 11.4. The van der Waals surface area contributed by atoms with Crippen LogP contribution in [0.5, 0.6) is 11.5 Å². The van der Waals surface area contributed by atoms with E-state index in [4.69, 9.17) is 9.47 Å². The van der Waals surface area contributed by atoms with Gasteiger partial charge >= 0.3 is 5.97 Å². The molecule has 1 aliphatic rings. The molecule has 0 spiro atoms. The number of carbonyl (C=O) groups excluding carboxylic acids is 1. The highest BCUT2D eigenvalue weighted by molar-refractivity contribution is 8.18. The number of aromatic carboxylic acids is 1. The fraction of sp³-hybridized carbons (Fsp3) is 0.179. The van der Waals surface area contributed by atoms with E-state index >= 15 is 0 Å². The van der Waals surface area contributed by atoms with E-state index in [2.05, 4.69) is 11.1 Å². The van der Waals surface area contributed by atoms with Gasteiger partial charge in [0, 0.05) is 7.05 Å². The molecular formula is C28H26N2O5S. The maximum Gasteiger partial charge on any atom is 0.335 e. The minimum absolute atomic E-state index is 0.137. The average molecular weight is 503 g/mol. The number of rotatable bonds is 8. The second-order valence-electron chi connectivity index (χ2n) is 8.14. The number of likely N-dealkylation sites (N-methyl/N-ethyl adjacent to an activating group) is 1. The molecule has 1 heterocycles. The smallest absolute Gasteiger partial charge is 0.335 e. The lowest BCUT2D eigenvalue weighted by atomic mass is 10.1. The highest BCUT2D eigenvalue weighted by atomic mass is 32.2. The standard InChI is InChI=1S/C28H26N2O5S/c1-4-34-24-14-19(11-12-23(24)35-17-20-8-5-7-18(2)13-20)15-25-26(31)30(3)28(36-25)29-22-10-6-9-21(16-22)27(32)33/h5-16H,4,17H2,1-3H3,(H,32,33)/b25-15+,29-28?. The van der Waals surface area contributed by atoms with Crippen LogP contribution in [0.2, 0.25) is 0 Å². The van der Waals surface area contributed by atoms with Crippen molar-refractivity contribution in [2.75, 3.05) is 13.7 Å². The van der Waals surface area contributed by atoms with Gasteiger partial charge in [-0.2, -0.15) is 0 Å². The van der Waals surface area contributed by atoms with Crippen LogP contribution in [-0.4, -0.2) is 40.7 Å². The molecule has 36 heavy (non-hydrogen) atoms. The summed E-state index contributed by atoms with van der Waals surface area (Å²) in [6, 6.07) is 20.0. The Kier molecular flexibility index (Phi) is 7.75. The van der Waals surface area contributed by atoms with Gasteiger partial charge in [-0.05, 0) is 73.1 Å². The van der Waals surface area contributed by atoms with Gasteiger partial charge in [0.2, 0.25) is 0 Å². The zero-order chi connectivity index (χ0) is 25.7. The van der Waals surface area contributed by atoms with Crippen LogP contribution >= 0.6 is 11.8 Å². The molecule has 0 aromatic heterocycles. The number of amides is 1. The van der Waals surface area contributed by atoms with Crippen molar-refractivity contribution in [3.05, 3.63) is 93.9 Å². The lowest BCUT2D eigenvalue weighted by Crippen LogP contribution is -2.23. The fourth-order valence-electron chi connectivity index (χ4n) is 3.59. The molecule has 8 heteroatoms. The van der Waals surface area contributed by atoms with E-state index in [1.54, 1.807) is 25.3 Å². The van der Waals surface area contributed by atoms with Crippen LogP contribution in [0.4, 0.5) is 5.69 Å². The number of aryl methyl sites for hydroxylation is 1. The van der Waals surface area contributed by atoms with Crippen LogP contribution in [0.1, 0.15) is 34.0 Å². The molecule has 0 bridgehead atoms. The lowest BCUT2D eigenvalue weighted by Gasteiger charge is -2.13. The number of carboxylic acids is 1. The first-order chi connectivity index (χ1) is 17.3. The Morgan fingerprint density at radius 3 is 2.61 bits per heavy atom. The number of ether oxygens (including phenoxy) is 2. The van der Waals surface area contributed by atoms with Gasteiger partial charge in [-0.25, -0.2) is 9.79 Å². The van der Waals surface area contributed by atoms with Gasteiger partial charge in [0.1, 0.15) is 6.61 Å². The summed E-state index contributed by atoms with van der Waals surface area (Å²) < 4.78 is 11.8. The Morgan fingerprint density at radius 1 is 1.06 bits per heavy atom. The zero-order valence-electron chi connectivity index (χ0n) is 20.2. The Labute approximate surface area is 214 Å². The average Bonchev–Trinajstić information content (AvgIpc) is 3.11. The zero-order valence-corrected chi connectivity index (χ0v) is 21.0. The molecule has 0 atom stereocenters. The number of hydrogen-bond donors (Lipinski definition) is 1. The molecule has 3 aromatic carbocycles. The monoisotopic (exact) mass is 502 g/mol. The lowest BCUT2D eigenvalue weighted by molar-refractivity contribution is -0.121. The number of carboxylic acid groups (broad SMARTS) is 1. The molecule has 3 aromatic rings. The molecule has 1 amide bonds. The first-order valence-corrected chi connectivity index (χ1v) is 12.2. The molecule has 0 radical (unpaired) electrons. The molecule has 0 unspecified atom stereocenters. The number of benzene rings is 3. The Balaban J connectivity index is 1.55. The minimum atomic E-state index is -1.03. The topological polar surface area (TPSA) is 88.4 Å². The van der Waals surface area contributed by atoms with Crippen molar-refractivity contribution in [2.45, 2.75) is 20.5 Å². The van der Waals surface area contributed by atoms with Crippen molar-refractivity contribution in [3.8, 4) is 11.5 Å². The van der Waals surface area contributed by atoms with Gasteiger partial charge in [-0.3, -0.25) is 9.69 Å². The third-order valence-electron chi connectivity index (χ3n) is 5.36. The van der Waals surface area contributed by atoms with E-state index in [0.29, 0.717) is 40.5 Å². The molecule has 1 N–H and O–H groups in total. The van der Waals surface area contributed by atoms with E-state index in [0.717, 1.165) is 11.1 Å². The van der Waals surface area contributed by atoms with Gasteiger partial charge in [0.05, 0.1) is 22.8 Å². The minimum Gasteiger partial charge on any atom is -0.490 e. The molecule has 1 fully saturated rings. The second-order valence-corrected chi connectivity index (χ2v) is 9.15. The first kappa shape index (κ1) is 25.1. The summed E-state index contributed by atoms with van der Waals surface area (Å²) in [7, 11) is 1.64. The predicted octanol–water partition coefficient (Wildman–Crippen LogP) is 5.90. The van der Waals surface area contributed by atoms with Crippen molar-refractivity contribution in [2.24, 2.45) is 4.99 Å². The van der Waals surface area contributed by atoms with Crippen LogP contribution in [0.3, 0.4) is 0 Å². The predicted molar refractivity (Wildman–Crippen MR) is 142 cm³/mol. The van der Waals surface area contributed by atoms with E-state index in [1.807, 2.05) is 50.2 Å². The van der Waals surface area contributed by atoms with Crippen LogP contribution in [0.15, 0.2) is 76.6 Å². The molecule has 184 valence electrons. The fourth-order valence-corrected chi connectivity index (χ4v) is 4.57. The van der Waals surface area contributed by atoms with Gasteiger partial charge in [-0.15, -0.1) is 0 Å². The molecule has 7 nitrogen and oxygen atoms in total. The summed E-state index contributed by atoms with van der Waals surface area (Å²) in [5.74, 6) is 0.00898. The third kappa shape index (κ3) is 5.95. The number of nitrogens with zero attached hydrogens (tertiary/aromatic N) is 2. The Hall–Kier alpha value is -4.04. The van der Waals surface area contributed by atoms with Crippen LogP contribution in [0.25, 0.3) is 6.08 Å². The van der Waals surface area contributed by atoms with E-state index in [1.165, 1.54) is 34.4 Å². The molecular weight excluding hydrogens is 476 g/mol. The van der Waals surface area contributed by atoms with E-state index in [-0.39, 0.29) is 11.5 Å². The summed E-state index contributed by atoms with van der Waals surface area (Å²) >= 11 is 1.23. The molecule has 1 saturated heterocycles. The van der Waals surface area contributed by atoms with Crippen molar-refractivity contribution >= 4 is 40.6 Å². The number of thioether (sulfide) groups is 1. The quantitative estimate of drug-likeness (QED) is 0.386. The largest absolute Gasteiger partial charge is 0.490 e. The van der Waals surface area contributed by atoms with Crippen LogP contribution in [-0.2, 0) is 11.4 Å². The maximum atomic E-state index is 12.9. The normalized spacial score (nSPS) is 15.5. The van der Waals surface area contributed by atoms with E-state index < -0.39 is 5.97 Å². The molecule has 1 aliphatic heterocycles. The van der Waals surface area contributed by atoms with Gasteiger partial charge in [0.15, 0.2) is 16.7 Å². The summed E-state index contributed by atoms with van der Waals surface area (Å²) in [5.41, 5.74) is 3.63. The van der Waals surface area contributed by atoms with Crippen molar-refractivity contribution in [1.82, 2.24) is 4.90 Å². The number of hydrogen-bond acceptors (Lipinski definition) is 6. The molecule has 4 rings (SSSR count). The molecule has 0 aliphatic carbocycles. The summed E-state index contributed by atoms with van der Waals surface area (Å²) in [6.45, 7) is 4.84. The number of carbonyl (C=O) groups is 2. The SMILES string of the molecule is CCOc1cc(/C=C2/SC(=Nc3cccc(C(=O)O)c3)N(C)C2=O)ccc1OCc1cccc(C)c1. The van der Waals surface area contributed by atoms with Crippen molar-refractivity contribution in [1.29, 1.82) is 0 Å². The van der Waals surface area contributed by atoms with Gasteiger partial charge in [-0.1, -0.05) is 42.0 Å². The van der Waals surface area contributed by atoms with Gasteiger partial charge < -0.3 is 14.6 Å². The Morgan fingerprint density at radius 2 is 1.86 bits per heavy atom. The number of amidine groups is 1. The molecule has 0 saturated carbocycles. The maximum absolute atomic E-state index is 12.9. The Bertz CT molecular complexity index is 1370. The third-order valence-corrected chi connectivity index (χ3v) is 6.42. The van der Waals surface area contributed by atoms with Crippen molar-refractivity contribution in [3.63, 3.8) is 0 Å². The van der Waals surface area contributed by atoms with Gasteiger partial charge in [0.25, 0.3) is 5.91 Å². The second kappa shape index (κ2) is 11.1. The number of aliphatic imine (C=N–C) groups is 1. The van der Waals surface area contributed by atoms with Crippen LogP contribution in [0, 0.1) is 6.92 Å². The summed E-state index contributed by atoms with van der Waals surface area (Å²) in [4.78, 5) is 30.5. The summed E-state index contributed by atoms with van der Waals surface area (Å²) in [5, 5.41) is 9.68.